The van der Waals surface area contributed by atoms with Crippen molar-refractivity contribution in [3.63, 3.8) is 0 Å². The number of fused-ring (bicyclic) bond motifs is 2. The van der Waals surface area contributed by atoms with Crippen LogP contribution in [0, 0.1) is 0 Å². The Bertz CT molecular complexity index is 1070. The third-order valence-electron chi connectivity index (χ3n) is 4.96. The monoisotopic (exact) mass is 444 g/mol. The van der Waals surface area contributed by atoms with Crippen LogP contribution in [0.3, 0.4) is 0 Å². The van der Waals surface area contributed by atoms with Crippen LogP contribution in [-0.2, 0) is 30.7 Å². The molecule has 0 radical (unpaired) electrons. The summed E-state index contributed by atoms with van der Waals surface area (Å²) in [6.07, 6.45) is 6.50. The van der Waals surface area contributed by atoms with Crippen LogP contribution in [-0.4, -0.2) is 36.8 Å². The number of hydrogen-bond acceptors (Lipinski definition) is 5. The number of aryl methyl sites for hydroxylation is 1. The highest BCUT2D eigenvalue weighted by Crippen LogP contribution is 2.15. The number of rotatable bonds is 5. The average molecular weight is 445 g/mol. The van der Waals surface area contributed by atoms with Crippen molar-refractivity contribution in [2.75, 3.05) is 6.54 Å². The first-order valence-electron chi connectivity index (χ1n) is 9.44. The molecule has 2 aromatic heterocycles. The minimum absolute atomic E-state index is 0.0633. The Hall–Kier alpha value is -2.55. The molecule has 0 spiro atoms. The van der Waals surface area contributed by atoms with E-state index in [0.717, 1.165) is 41.9 Å². The van der Waals surface area contributed by atoms with Crippen LogP contribution in [0.25, 0.3) is 10.9 Å². The summed E-state index contributed by atoms with van der Waals surface area (Å²) < 4.78 is 4.30. The summed E-state index contributed by atoms with van der Waals surface area (Å²) in [6, 6.07) is 5.32. The van der Waals surface area contributed by atoms with Crippen molar-refractivity contribution in [3.8, 4) is 0 Å². The molecule has 3 aromatic rings. The first-order chi connectivity index (χ1) is 13.6. The number of nitrogens with zero attached hydrogens (tertiary/aromatic N) is 5. The molecule has 28 heavy (non-hydrogen) atoms. The summed E-state index contributed by atoms with van der Waals surface area (Å²) in [5.74, 6) is 1.72. The molecule has 8 nitrogen and oxygen atoms in total. The van der Waals surface area contributed by atoms with Crippen LogP contribution in [0.4, 0.5) is 0 Å². The number of carbonyl (C=O) groups excluding carboxylic acids is 1. The van der Waals surface area contributed by atoms with Gasteiger partial charge in [0.05, 0.1) is 17.2 Å². The standard InChI is InChI=1S/C19H21BrN6O2/c20-13-5-6-15-14(10-13)19(28)25(12-22-15)11-18(27)21-8-7-17-24-23-16-4-2-1-3-9-26(16)17/h5-6,10,12H,1-4,7-9,11H2,(H,21,27). The predicted molar refractivity (Wildman–Crippen MR) is 108 cm³/mol. The number of benzene rings is 1. The molecule has 4 rings (SSSR count). The van der Waals surface area contributed by atoms with Gasteiger partial charge in [-0.05, 0) is 31.0 Å². The summed E-state index contributed by atoms with van der Waals surface area (Å²) in [5.41, 5.74) is 0.376. The van der Waals surface area contributed by atoms with Crippen LogP contribution >= 0.6 is 15.9 Å². The van der Waals surface area contributed by atoms with Gasteiger partial charge in [0.2, 0.25) is 5.91 Å². The average Bonchev–Trinajstić information content (AvgIpc) is 2.91. The highest BCUT2D eigenvalue weighted by atomic mass is 79.9. The van der Waals surface area contributed by atoms with E-state index >= 15 is 0 Å². The lowest BCUT2D eigenvalue weighted by molar-refractivity contribution is -0.121. The maximum absolute atomic E-state index is 12.6. The number of carbonyl (C=O) groups is 1. The molecule has 0 bridgehead atoms. The largest absolute Gasteiger partial charge is 0.354 e. The molecule has 0 fully saturated rings. The fraction of sp³-hybridized carbons (Fsp3) is 0.421. The summed E-state index contributed by atoms with van der Waals surface area (Å²) in [7, 11) is 0. The van der Waals surface area contributed by atoms with E-state index in [1.807, 2.05) is 6.07 Å². The third kappa shape index (κ3) is 3.99. The van der Waals surface area contributed by atoms with E-state index in [-0.39, 0.29) is 18.0 Å². The van der Waals surface area contributed by atoms with Crippen LogP contribution in [0.2, 0.25) is 0 Å². The second kappa shape index (κ2) is 8.22. The highest BCUT2D eigenvalue weighted by molar-refractivity contribution is 9.10. The van der Waals surface area contributed by atoms with Gasteiger partial charge in [-0.1, -0.05) is 22.4 Å². The lowest BCUT2D eigenvalue weighted by Gasteiger charge is -2.09. The van der Waals surface area contributed by atoms with Crippen molar-refractivity contribution in [3.05, 3.63) is 51.0 Å². The Kier molecular flexibility index (Phi) is 5.52. The molecule has 0 aliphatic carbocycles. The zero-order chi connectivity index (χ0) is 19.5. The molecule has 0 unspecified atom stereocenters. The Labute approximate surface area is 170 Å². The van der Waals surface area contributed by atoms with E-state index in [9.17, 15) is 9.59 Å². The second-order valence-corrected chi connectivity index (χ2v) is 7.85. The van der Waals surface area contributed by atoms with Crippen molar-refractivity contribution in [1.82, 2.24) is 29.6 Å². The van der Waals surface area contributed by atoms with Crippen molar-refractivity contribution in [1.29, 1.82) is 0 Å². The molecule has 1 amide bonds. The SMILES string of the molecule is O=C(Cn1cnc2ccc(Br)cc2c1=O)NCCc1nnc2n1CCCCC2. The zero-order valence-corrected chi connectivity index (χ0v) is 17.0. The van der Waals surface area contributed by atoms with Gasteiger partial charge >= 0.3 is 0 Å². The summed E-state index contributed by atoms with van der Waals surface area (Å²) in [5, 5.41) is 11.9. The lowest BCUT2D eigenvalue weighted by Crippen LogP contribution is -2.33. The molecular formula is C19H21BrN6O2. The molecule has 0 atom stereocenters. The Morgan fingerprint density at radius 3 is 3.00 bits per heavy atom. The molecule has 1 aliphatic heterocycles. The van der Waals surface area contributed by atoms with Crippen molar-refractivity contribution in [2.24, 2.45) is 0 Å². The molecule has 1 N–H and O–H groups in total. The number of hydrogen-bond donors (Lipinski definition) is 1. The smallest absolute Gasteiger partial charge is 0.261 e. The Balaban J connectivity index is 1.38. The quantitative estimate of drug-likeness (QED) is 0.647. The van der Waals surface area contributed by atoms with Gasteiger partial charge in [-0.25, -0.2) is 4.98 Å². The minimum atomic E-state index is -0.232. The van der Waals surface area contributed by atoms with Crippen molar-refractivity contribution < 1.29 is 4.79 Å². The van der Waals surface area contributed by atoms with Gasteiger partial charge in [0.1, 0.15) is 18.2 Å². The van der Waals surface area contributed by atoms with Crippen LogP contribution in [0.15, 0.2) is 33.8 Å². The highest BCUT2D eigenvalue weighted by Gasteiger charge is 2.15. The van der Waals surface area contributed by atoms with Gasteiger partial charge in [-0.3, -0.25) is 14.2 Å². The molecule has 0 saturated carbocycles. The molecule has 3 heterocycles. The molecule has 1 aromatic carbocycles. The van der Waals surface area contributed by atoms with Gasteiger partial charge in [-0.2, -0.15) is 0 Å². The summed E-state index contributed by atoms with van der Waals surface area (Å²) >= 11 is 3.36. The molecule has 146 valence electrons. The van der Waals surface area contributed by atoms with Crippen molar-refractivity contribution in [2.45, 2.75) is 45.2 Å². The lowest BCUT2D eigenvalue weighted by atomic mass is 10.2. The molecule has 0 saturated heterocycles. The van der Waals surface area contributed by atoms with Gasteiger partial charge < -0.3 is 9.88 Å². The number of aromatic nitrogens is 5. The Morgan fingerprint density at radius 1 is 1.21 bits per heavy atom. The molecule has 9 heteroatoms. The summed E-state index contributed by atoms with van der Waals surface area (Å²) in [4.78, 5) is 29.1. The minimum Gasteiger partial charge on any atom is -0.354 e. The third-order valence-corrected chi connectivity index (χ3v) is 5.45. The first kappa shape index (κ1) is 18.8. The van der Waals surface area contributed by atoms with E-state index in [1.165, 1.54) is 17.3 Å². The summed E-state index contributed by atoms with van der Waals surface area (Å²) in [6.45, 7) is 1.34. The van der Waals surface area contributed by atoms with E-state index in [2.05, 4.69) is 41.0 Å². The van der Waals surface area contributed by atoms with Gasteiger partial charge in [0.25, 0.3) is 5.56 Å². The Morgan fingerprint density at radius 2 is 2.11 bits per heavy atom. The normalized spacial score (nSPS) is 13.9. The zero-order valence-electron chi connectivity index (χ0n) is 15.4. The number of halogens is 1. The first-order valence-corrected chi connectivity index (χ1v) is 10.2. The fourth-order valence-corrected chi connectivity index (χ4v) is 3.86. The van der Waals surface area contributed by atoms with E-state index in [1.54, 1.807) is 12.1 Å². The number of nitrogens with one attached hydrogen (secondary N) is 1. The van der Waals surface area contributed by atoms with Crippen LogP contribution in [0.1, 0.15) is 30.9 Å². The maximum atomic E-state index is 12.6. The maximum Gasteiger partial charge on any atom is 0.261 e. The van der Waals surface area contributed by atoms with Crippen LogP contribution in [0.5, 0.6) is 0 Å². The second-order valence-electron chi connectivity index (χ2n) is 6.93. The van der Waals surface area contributed by atoms with Crippen molar-refractivity contribution >= 4 is 32.7 Å². The molecule has 1 aliphatic rings. The fourth-order valence-electron chi connectivity index (χ4n) is 3.50. The van der Waals surface area contributed by atoms with Crippen LogP contribution < -0.4 is 10.9 Å². The topological polar surface area (TPSA) is 94.7 Å². The van der Waals surface area contributed by atoms with E-state index in [0.29, 0.717) is 23.9 Å². The molecular weight excluding hydrogens is 424 g/mol. The van der Waals surface area contributed by atoms with Gasteiger partial charge in [0.15, 0.2) is 0 Å². The number of amides is 1. The van der Waals surface area contributed by atoms with Gasteiger partial charge in [-0.15, -0.1) is 10.2 Å². The van der Waals surface area contributed by atoms with Gasteiger partial charge in [0, 0.05) is 30.4 Å². The van der Waals surface area contributed by atoms with E-state index in [4.69, 9.17) is 0 Å². The van der Waals surface area contributed by atoms with E-state index < -0.39 is 0 Å². The predicted octanol–water partition coefficient (Wildman–Crippen LogP) is 1.84.